The molecule has 1 aromatic heterocycles. The van der Waals surface area contributed by atoms with Gasteiger partial charge in [-0.05, 0) is 24.6 Å². The van der Waals surface area contributed by atoms with Crippen molar-refractivity contribution in [1.29, 1.82) is 0 Å². The van der Waals surface area contributed by atoms with Crippen LogP contribution in [0.15, 0.2) is 65.2 Å². The second kappa shape index (κ2) is 8.87. The van der Waals surface area contributed by atoms with E-state index in [4.69, 9.17) is 4.52 Å². The SMILES string of the molecule is CN1C[C@@H](NC(=O)NCc2ccccc2)C[C@H]1c1nc(Cc2ccccc2)no1. The van der Waals surface area contributed by atoms with Crippen LogP contribution in [0.1, 0.15) is 35.3 Å². The number of carbonyl (C=O) groups is 1. The molecule has 7 nitrogen and oxygen atoms in total. The standard InChI is InChI=1S/C22H25N5O2/c1-27-15-18(24-22(28)23-14-17-10-6-3-7-11-17)13-19(27)21-25-20(26-29-21)12-16-8-4-2-5-9-16/h2-11,18-19H,12-15H2,1H3,(H2,23,24,28)/t18-,19-/m0/s1. The summed E-state index contributed by atoms with van der Waals surface area (Å²) in [6.45, 7) is 1.24. The van der Waals surface area contributed by atoms with Gasteiger partial charge in [-0.3, -0.25) is 4.90 Å². The van der Waals surface area contributed by atoms with Crippen molar-refractivity contribution in [2.75, 3.05) is 13.6 Å². The fourth-order valence-corrected chi connectivity index (χ4v) is 3.66. The first-order chi connectivity index (χ1) is 14.2. The molecule has 2 amide bonds. The molecule has 0 unspecified atom stereocenters. The number of likely N-dealkylation sites (tertiary alicyclic amines) is 1. The lowest BCUT2D eigenvalue weighted by Gasteiger charge is -2.14. The molecule has 2 heterocycles. The maximum Gasteiger partial charge on any atom is 0.315 e. The maximum absolute atomic E-state index is 12.2. The molecule has 2 aromatic carbocycles. The third-order valence-electron chi connectivity index (χ3n) is 5.15. The summed E-state index contributed by atoms with van der Waals surface area (Å²) < 4.78 is 5.52. The predicted molar refractivity (Wildman–Crippen MR) is 109 cm³/mol. The van der Waals surface area contributed by atoms with Gasteiger partial charge in [-0.2, -0.15) is 4.98 Å². The average molecular weight is 391 g/mol. The Hall–Kier alpha value is -3.19. The molecule has 0 saturated carbocycles. The van der Waals surface area contributed by atoms with Gasteiger partial charge in [0.1, 0.15) is 0 Å². The Bertz CT molecular complexity index is 929. The highest BCUT2D eigenvalue weighted by atomic mass is 16.5. The van der Waals surface area contributed by atoms with Crippen LogP contribution in [0, 0.1) is 0 Å². The summed E-state index contributed by atoms with van der Waals surface area (Å²) in [4.78, 5) is 19.0. The Morgan fingerprint density at radius 3 is 2.52 bits per heavy atom. The van der Waals surface area contributed by atoms with Gasteiger partial charge in [-0.25, -0.2) is 4.79 Å². The minimum atomic E-state index is -0.164. The number of nitrogens with one attached hydrogen (secondary N) is 2. The monoisotopic (exact) mass is 391 g/mol. The van der Waals surface area contributed by atoms with E-state index in [1.165, 1.54) is 0 Å². The van der Waals surface area contributed by atoms with Crippen LogP contribution in [-0.4, -0.2) is 40.7 Å². The van der Waals surface area contributed by atoms with E-state index in [0.717, 1.165) is 24.1 Å². The molecule has 0 radical (unpaired) electrons. The van der Waals surface area contributed by atoms with Gasteiger partial charge in [-0.15, -0.1) is 0 Å². The molecule has 1 aliphatic rings. The van der Waals surface area contributed by atoms with Gasteiger partial charge in [0.2, 0.25) is 5.89 Å². The molecule has 2 atom stereocenters. The number of amides is 2. The van der Waals surface area contributed by atoms with Gasteiger partial charge >= 0.3 is 6.03 Å². The van der Waals surface area contributed by atoms with Crippen molar-refractivity contribution >= 4 is 6.03 Å². The summed E-state index contributed by atoms with van der Waals surface area (Å²) in [5, 5.41) is 10.1. The van der Waals surface area contributed by atoms with Crippen LogP contribution in [-0.2, 0) is 13.0 Å². The van der Waals surface area contributed by atoms with Crippen molar-refractivity contribution in [3.63, 3.8) is 0 Å². The first kappa shape index (κ1) is 19.1. The Morgan fingerprint density at radius 1 is 1.10 bits per heavy atom. The molecule has 0 spiro atoms. The second-order valence-corrected chi connectivity index (χ2v) is 7.41. The van der Waals surface area contributed by atoms with Gasteiger partial charge in [0.25, 0.3) is 0 Å². The smallest absolute Gasteiger partial charge is 0.315 e. The van der Waals surface area contributed by atoms with E-state index in [2.05, 4.69) is 25.7 Å². The first-order valence-electron chi connectivity index (χ1n) is 9.82. The summed E-state index contributed by atoms with van der Waals surface area (Å²) >= 11 is 0. The molecule has 1 saturated heterocycles. The summed E-state index contributed by atoms with van der Waals surface area (Å²) in [6.07, 6.45) is 1.38. The fraction of sp³-hybridized carbons (Fsp3) is 0.318. The van der Waals surface area contributed by atoms with Crippen molar-refractivity contribution < 1.29 is 9.32 Å². The van der Waals surface area contributed by atoms with Crippen LogP contribution < -0.4 is 10.6 Å². The summed E-state index contributed by atoms with van der Waals surface area (Å²) in [5.41, 5.74) is 2.22. The van der Waals surface area contributed by atoms with Crippen molar-refractivity contribution in [3.05, 3.63) is 83.5 Å². The Labute approximate surface area is 170 Å². The Balaban J connectivity index is 1.30. The van der Waals surface area contributed by atoms with E-state index in [9.17, 15) is 4.79 Å². The molecule has 2 N–H and O–H groups in total. The van der Waals surface area contributed by atoms with E-state index >= 15 is 0 Å². The minimum absolute atomic E-state index is 0.00597. The van der Waals surface area contributed by atoms with E-state index in [1.807, 2.05) is 67.7 Å². The van der Waals surface area contributed by atoms with Crippen molar-refractivity contribution in [2.45, 2.75) is 31.5 Å². The number of nitrogens with zero attached hydrogens (tertiary/aromatic N) is 3. The number of rotatable bonds is 6. The zero-order valence-corrected chi connectivity index (χ0v) is 16.4. The normalized spacial score (nSPS) is 19.2. The number of likely N-dealkylation sites (N-methyl/N-ethyl adjacent to an activating group) is 1. The molecular weight excluding hydrogens is 366 g/mol. The van der Waals surface area contributed by atoms with Crippen LogP contribution in [0.5, 0.6) is 0 Å². The Morgan fingerprint density at radius 2 is 1.79 bits per heavy atom. The number of hydrogen-bond acceptors (Lipinski definition) is 5. The molecular formula is C22H25N5O2. The summed E-state index contributed by atoms with van der Waals surface area (Å²) in [7, 11) is 2.01. The topological polar surface area (TPSA) is 83.3 Å². The van der Waals surface area contributed by atoms with Gasteiger partial charge in [0.15, 0.2) is 5.82 Å². The van der Waals surface area contributed by atoms with Crippen molar-refractivity contribution in [1.82, 2.24) is 25.7 Å². The highest BCUT2D eigenvalue weighted by molar-refractivity contribution is 5.74. The second-order valence-electron chi connectivity index (χ2n) is 7.41. The van der Waals surface area contributed by atoms with Crippen LogP contribution in [0.3, 0.4) is 0 Å². The lowest BCUT2D eigenvalue weighted by Crippen LogP contribution is -2.42. The number of hydrogen-bond donors (Lipinski definition) is 2. The van der Waals surface area contributed by atoms with Crippen molar-refractivity contribution in [3.8, 4) is 0 Å². The third kappa shape index (κ3) is 5.00. The van der Waals surface area contributed by atoms with Crippen LogP contribution >= 0.6 is 0 Å². The third-order valence-corrected chi connectivity index (χ3v) is 5.15. The molecule has 1 fully saturated rings. The predicted octanol–water partition coefficient (Wildman–Crippen LogP) is 2.91. The van der Waals surface area contributed by atoms with E-state index in [-0.39, 0.29) is 18.1 Å². The number of benzene rings is 2. The first-order valence-corrected chi connectivity index (χ1v) is 9.82. The Kier molecular flexibility index (Phi) is 5.86. The lowest BCUT2D eigenvalue weighted by molar-refractivity contribution is 0.236. The molecule has 0 bridgehead atoms. The number of aromatic nitrogens is 2. The van der Waals surface area contributed by atoms with Gasteiger partial charge in [-0.1, -0.05) is 65.8 Å². The number of urea groups is 1. The average Bonchev–Trinajstić information content (AvgIpc) is 3.34. The van der Waals surface area contributed by atoms with E-state index in [1.54, 1.807) is 0 Å². The summed E-state index contributed by atoms with van der Waals surface area (Å²) in [5.74, 6) is 1.28. The zero-order chi connectivity index (χ0) is 20.1. The lowest BCUT2D eigenvalue weighted by atomic mass is 10.1. The molecule has 29 heavy (non-hydrogen) atoms. The van der Waals surface area contributed by atoms with Gasteiger partial charge in [0, 0.05) is 25.6 Å². The highest BCUT2D eigenvalue weighted by Gasteiger charge is 2.35. The summed E-state index contributed by atoms with van der Waals surface area (Å²) in [6, 6.07) is 19.8. The van der Waals surface area contributed by atoms with Crippen LogP contribution in [0.4, 0.5) is 4.79 Å². The van der Waals surface area contributed by atoms with Gasteiger partial charge < -0.3 is 15.2 Å². The van der Waals surface area contributed by atoms with Gasteiger partial charge in [0.05, 0.1) is 6.04 Å². The molecule has 0 aliphatic carbocycles. The van der Waals surface area contributed by atoms with E-state index < -0.39 is 0 Å². The quantitative estimate of drug-likeness (QED) is 0.675. The molecule has 7 heteroatoms. The van der Waals surface area contributed by atoms with Crippen molar-refractivity contribution in [2.24, 2.45) is 0 Å². The van der Waals surface area contributed by atoms with Crippen LogP contribution in [0.25, 0.3) is 0 Å². The molecule has 1 aliphatic heterocycles. The van der Waals surface area contributed by atoms with Crippen LogP contribution in [0.2, 0.25) is 0 Å². The van der Waals surface area contributed by atoms with E-state index in [0.29, 0.717) is 24.7 Å². The number of carbonyl (C=O) groups excluding carboxylic acids is 1. The fourth-order valence-electron chi connectivity index (χ4n) is 3.66. The molecule has 4 rings (SSSR count). The maximum atomic E-state index is 12.2. The zero-order valence-electron chi connectivity index (χ0n) is 16.4. The largest absolute Gasteiger partial charge is 0.338 e. The molecule has 3 aromatic rings. The molecule has 150 valence electrons. The minimum Gasteiger partial charge on any atom is -0.338 e. The highest BCUT2D eigenvalue weighted by Crippen LogP contribution is 2.29.